The van der Waals surface area contributed by atoms with Crippen LogP contribution in [0.2, 0.25) is 5.02 Å². The van der Waals surface area contributed by atoms with E-state index in [2.05, 4.69) is 10.3 Å². The topological polar surface area (TPSA) is 106 Å². The van der Waals surface area contributed by atoms with Crippen molar-refractivity contribution in [3.8, 4) is 0 Å². The minimum atomic E-state index is -1.13. The standard InChI is InChI=1S/C18H14ClN3O5/c1-10(17(25)21-14-7-6-11(19)8-20-14)27-15(23)9-22-13-5-3-2-4-12(13)16(24)18(22)26/h2-8,10H,9H2,1H3,(H,20,21,25)/t10-/m1/s1. The van der Waals surface area contributed by atoms with Crippen molar-refractivity contribution in [2.45, 2.75) is 13.0 Å². The lowest BCUT2D eigenvalue weighted by molar-refractivity contribution is -0.152. The Morgan fingerprint density at radius 2 is 1.96 bits per heavy atom. The van der Waals surface area contributed by atoms with Gasteiger partial charge < -0.3 is 10.1 Å². The Morgan fingerprint density at radius 1 is 1.22 bits per heavy atom. The van der Waals surface area contributed by atoms with Crippen LogP contribution in [-0.2, 0) is 19.1 Å². The highest BCUT2D eigenvalue weighted by atomic mass is 35.5. The maximum absolute atomic E-state index is 12.1. The van der Waals surface area contributed by atoms with E-state index >= 15 is 0 Å². The number of benzene rings is 1. The maximum Gasteiger partial charge on any atom is 0.326 e. The van der Waals surface area contributed by atoms with Gasteiger partial charge in [0.15, 0.2) is 6.10 Å². The number of ketones is 1. The van der Waals surface area contributed by atoms with Crippen LogP contribution in [0.5, 0.6) is 0 Å². The third-order valence-corrected chi connectivity index (χ3v) is 4.05. The Hall–Kier alpha value is -3.26. The molecule has 1 aliphatic heterocycles. The van der Waals surface area contributed by atoms with Crippen LogP contribution in [0, 0.1) is 0 Å². The van der Waals surface area contributed by atoms with Crippen LogP contribution < -0.4 is 10.2 Å². The molecule has 8 nitrogen and oxygen atoms in total. The lowest BCUT2D eigenvalue weighted by Gasteiger charge is -2.18. The molecule has 0 unspecified atom stereocenters. The molecule has 2 heterocycles. The maximum atomic E-state index is 12.1. The van der Waals surface area contributed by atoms with E-state index in [0.717, 1.165) is 4.90 Å². The van der Waals surface area contributed by atoms with Crippen molar-refractivity contribution in [1.82, 2.24) is 4.98 Å². The van der Waals surface area contributed by atoms with E-state index in [-0.39, 0.29) is 11.4 Å². The summed E-state index contributed by atoms with van der Waals surface area (Å²) < 4.78 is 5.06. The Balaban J connectivity index is 1.60. The summed E-state index contributed by atoms with van der Waals surface area (Å²) in [5.41, 5.74) is 0.571. The molecule has 9 heteroatoms. The average molecular weight is 388 g/mol. The lowest BCUT2D eigenvalue weighted by atomic mass is 10.1. The van der Waals surface area contributed by atoms with Gasteiger partial charge in [-0.05, 0) is 31.2 Å². The number of carbonyl (C=O) groups excluding carboxylic acids is 4. The largest absolute Gasteiger partial charge is 0.451 e. The zero-order chi connectivity index (χ0) is 19.6. The number of halogens is 1. The summed E-state index contributed by atoms with van der Waals surface area (Å²) in [5.74, 6) is -2.66. The highest BCUT2D eigenvalue weighted by Crippen LogP contribution is 2.28. The number of hydrogen-bond acceptors (Lipinski definition) is 6. The number of hydrogen-bond donors (Lipinski definition) is 1. The number of rotatable bonds is 5. The first-order chi connectivity index (χ1) is 12.9. The summed E-state index contributed by atoms with van der Waals surface area (Å²) in [7, 11) is 0. The second-order valence-corrected chi connectivity index (χ2v) is 6.16. The van der Waals surface area contributed by atoms with E-state index in [1.165, 1.54) is 25.3 Å². The molecule has 3 rings (SSSR count). The number of esters is 1. The number of aromatic nitrogens is 1. The SMILES string of the molecule is C[C@@H](OC(=O)CN1C(=O)C(=O)c2ccccc21)C(=O)Nc1ccc(Cl)cn1. The summed E-state index contributed by atoms with van der Waals surface area (Å²) in [6, 6.07) is 9.40. The smallest absolute Gasteiger partial charge is 0.326 e. The number of anilines is 2. The Labute approximate surface area is 159 Å². The third kappa shape index (κ3) is 3.95. The number of nitrogens with zero attached hydrogens (tertiary/aromatic N) is 2. The molecule has 1 N–H and O–H groups in total. The highest BCUT2D eigenvalue weighted by Gasteiger charge is 2.37. The molecule has 138 valence electrons. The number of ether oxygens (including phenoxy) is 1. The van der Waals surface area contributed by atoms with Gasteiger partial charge in [-0.2, -0.15) is 0 Å². The first kappa shape index (κ1) is 18.5. The fourth-order valence-corrected chi connectivity index (χ4v) is 2.61. The molecule has 0 bridgehead atoms. The van der Waals surface area contributed by atoms with Crippen molar-refractivity contribution in [3.05, 3.63) is 53.2 Å². The first-order valence-corrected chi connectivity index (χ1v) is 8.31. The number of nitrogens with one attached hydrogen (secondary N) is 1. The van der Waals surface area contributed by atoms with Crippen LogP contribution in [0.25, 0.3) is 0 Å². The van der Waals surface area contributed by atoms with Crippen molar-refractivity contribution < 1.29 is 23.9 Å². The van der Waals surface area contributed by atoms with E-state index in [9.17, 15) is 19.2 Å². The van der Waals surface area contributed by atoms with Gasteiger partial charge in [0.25, 0.3) is 17.6 Å². The summed E-state index contributed by atoms with van der Waals surface area (Å²) >= 11 is 5.72. The summed E-state index contributed by atoms with van der Waals surface area (Å²) in [6.45, 7) is 0.909. The monoisotopic (exact) mass is 387 g/mol. The van der Waals surface area contributed by atoms with Gasteiger partial charge in [-0.3, -0.25) is 24.1 Å². The molecule has 0 radical (unpaired) electrons. The van der Waals surface area contributed by atoms with Crippen molar-refractivity contribution in [2.24, 2.45) is 0 Å². The van der Waals surface area contributed by atoms with Crippen LogP contribution in [0.15, 0.2) is 42.6 Å². The van der Waals surface area contributed by atoms with Crippen LogP contribution in [0.1, 0.15) is 17.3 Å². The number of Topliss-reactive ketones (excluding diaryl/α,β-unsaturated/α-hetero) is 1. The molecule has 1 aliphatic rings. The summed E-state index contributed by atoms with van der Waals surface area (Å²) in [5, 5.41) is 2.89. The second kappa shape index (κ2) is 7.55. The van der Waals surface area contributed by atoms with Gasteiger partial charge in [0.1, 0.15) is 12.4 Å². The van der Waals surface area contributed by atoms with Gasteiger partial charge in [0.05, 0.1) is 16.3 Å². The average Bonchev–Trinajstić information content (AvgIpc) is 2.89. The minimum absolute atomic E-state index is 0.231. The van der Waals surface area contributed by atoms with E-state index in [0.29, 0.717) is 10.7 Å². The van der Waals surface area contributed by atoms with Crippen molar-refractivity contribution in [3.63, 3.8) is 0 Å². The quantitative estimate of drug-likeness (QED) is 0.619. The fraction of sp³-hybridized carbons (Fsp3) is 0.167. The zero-order valence-corrected chi connectivity index (χ0v) is 14.9. The number of para-hydroxylation sites is 1. The highest BCUT2D eigenvalue weighted by molar-refractivity contribution is 6.52. The molecule has 0 fully saturated rings. The van der Waals surface area contributed by atoms with Gasteiger partial charge in [-0.25, -0.2) is 4.98 Å². The number of fused-ring (bicyclic) bond motifs is 1. The molecule has 2 aromatic rings. The molecule has 0 saturated carbocycles. The van der Waals surface area contributed by atoms with Gasteiger partial charge >= 0.3 is 5.97 Å². The Bertz CT molecular complexity index is 929. The van der Waals surface area contributed by atoms with Gasteiger partial charge in [0, 0.05) is 6.20 Å². The third-order valence-electron chi connectivity index (χ3n) is 3.82. The molecular formula is C18H14ClN3O5. The van der Waals surface area contributed by atoms with Crippen LogP contribution >= 0.6 is 11.6 Å². The van der Waals surface area contributed by atoms with Crippen molar-refractivity contribution in [2.75, 3.05) is 16.8 Å². The second-order valence-electron chi connectivity index (χ2n) is 5.72. The fourth-order valence-electron chi connectivity index (χ4n) is 2.50. The van der Waals surface area contributed by atoms with E-state index in [4.69, 9.17) is 16.3 Å². The van der Waals surface area contributed by atoms with Crippen molar-refractivity contribution in [1.29, 1.82) is 0 Å². The Morgan fingerprint density at radius 3 is 2.67 bits per heavy atom. The van der Waals surface area contributed by atoms with Crippen LogP contribution in [0.4, 0.5) is 11.5 Å². The molecule has 1 aromatic heterocycles. The van der Waals surface area contributed by atoms with Gasteiger partial charge in [0.2, 0.25) is 0 Å². The molecule has 27 heavy (non-hydrogen) atoms. The molecule has 2 amide bonds. The Kier molecular flexibility index (Phi) is 5.18. The zero-order valence-electron chi connectivity index (χ0n) is 14.1. The van der Waals surface area contributed by atoms with Crippen molar-refractivity contribution >= 4 is 46.7 Å². The molecule has 0 aliphatic carbocycles. The molecule has 1 atom stereocenters. The number of amides is 2. The molecular weight excluding hydrogens is 374 g/mol. The van der Waals surface area contributed by atoms with Gasteiger partial charge in [-0.1, -0.05) is 23.7 Å². The number of pyridine rings is 1. The first-order valence-electron chi connectivity index (χ1n) is 7.94. The molecule has 0 saturated heterocycles. The van der Waals surface area contributed by atoms with Crippen LogP contribution in [0.3, 0.4) is 0 Å². The summed E-state index contributed by atoms with van der Waals surface area (Å²) in [4.78, 5) is 53.1. The normalized spacial score (nSPS) is 13.9. The van der Waals surface area contributed by atoms with Gasteiger partial charge in [-0.15, -0.1) is 0 Å². The van der Waals surface area contributed by atoms with E-state index in [1.807, 2.05) is 0 Å². The van der Waals surface area contributed by atoms with Crippen LogP contribution in [-0.4, -0.2) is 41.2 Å². The van der Waals surface area contributed by atoms with E-state index in [1.54, 1.807) is 24.3 Å². The predicted molar refractivity (Wildman–Crippen MR) is 96.6 cm³/mol. The number of carbonyl (C=O) groups is 4. The molecule has 1 aromatic carbocycles. The van der Waals surface area contributed by atoms with E-state index < -0.39 is 36.2 Å². The summed E-state index contributed by atoms with van der Waals surface area (Å²) in [6.07, 6.45) is 0.236. The molecule has 0 spiro atoms. The minimum Gasteiger partial charge on any atom is -0.451 e. The predicted octanol–water partition coefficient (Wildman–Crippen LogP) is 1.83. The lowest BCUT2D eigenvalue weighted by Crippen LogP contribution is -2.38.